The molecular formula is C16H17FN2O2S. The first kappa shape index (κ1) is 15.0. The molecule has 3 rings (SSSR count). The van der Waals surface area contributed by atoms with Gasteiger partial charge in [-0.3, -0.25) is 4.31 Å². The Morgan fingerprint density at radius 3 is 2.73 bits per heavy atom. The first-order chi connectivity index (χ1) is 10.5. The van der Waals surface area contributed by atoms with Crippen molar-refractivity contribution in [2.45, 2.75) is 18.4 Å². The van der Waals surface area contributed by atoms with Crippen LogP contribution in [-0.4, -0.2) is 21.5 Å². The van der Waals surface area contributed by atoms with E-state index < -0.39 is 15.8 Å². The molecule has 0 spiro atoms. The van der Waals surface area contributed by atoms with E-state index in [1.165, 1.54) is 16.4 Å². The lowest BCUT2D eigenvalue weighted by Gasteiger charge is -2.24. The second-order valence-electron chi connectivity index (χ2n) is 5.29. The average Bonchev–Trinajstić information content (AvgIpc) is 2.72. The van der Waals surface area contributed by atoms with Gasteiger partial charge in [-0.2, -0.15) is 0 Å². The Bertz CT molecular complexity index is 806. The molecular weight excluding hydrogens is 303 g/mol. The molecule has 4 nitrogen and oxygen atoms in total. The number of halogens is 1. The molecule has 0 fully saturated rings. The van der Waals surface area contributed by atoms with Gasteiger partial charge in [-0.25, -0.2) is 12.8 Å². The van der Waals surface area contributed by atoms with E-state index in [1.54, 1.807) is 13.0 Å². The molecule has 22 heavy (non-hydrogen) atoms. The third-order valence-corrected chi connectivity index (χ3v) is 5.61. The molecule has 116 valence electrons. The number of fused-ring (bicyclic) bond motifs is 1. The highest BCUT2D eigenvalue weighted by atomic mass is 32.2. The maximum absolute atomic E-state index is 13.8. The van der Waals surface area contributed by atoms with Gasteiger partial charge in [-0.15, -0.1) is 0 Å². The van der Waals surface area contributed by atoms with Gasteiger partial charge in [0.05, 0.1) is 10.6 Å². The zero-order valence-electron chi connectivity index (χ0n) is 12.2. The molecule has 6 heteroatoms. The number of anilines is 1. The summed E-state index contributed by atoms with van der Waals surface area (Å²) in [6.07, 6.45) is 0. The predicted molar refractivity (Wildman–Crippen MR) is 83.8 cm³/mol. The van der Waals surface area contributed by atoms with Crippen molar-refractivity contribution in [1.82, 2.24) is 5.32 Å². The van der Waals surface area contributed by atoms with Crippen LogP contribution < -0.4 is 9.62 Å². The van der Waals surface area contributed by atoms with Gasteiger partial charge < -0.3 is 5.32 Å². The van der Waals surface area contributed by atoms with Crippen LogP contribution in [0.2, 0.25) is 0 Å². The monoisotopic (exact) mass is 320 g/mol. The van der Waals surface area contributed by atoms with Gasteiger partial charge in [0.15, 0.2) is 0 Å². The number of aryl methyl sites for hydroxylation is 1. The SMILES string of the molecule is Cc1ccc(S(=O)(=O)N2CCNCc3ccccc32)cc1F. The molecule has 0 bridgehead atoms. The topological polar surface area (TPSA) is 49.4 Å². The number of sulfonamides is 1. The number of para-hydroxylation sites is 1. The highest BCUT2D eigenvalue weighted by molar-refractivity contribution is 7.92. The third kappa shape index (κ3) is 2.60. The fraction of sp³-hybridized carbons (Fsp3) is 0.250. The van der Waals surface area contributed by atoms with E-state index in [-0.39, 0.29) is 4.90 Å². The van der Waals surface area contributed by atoms with E-state index in [0.717, 1.165) is 11.6 Å². The minimum Gasteiger partial charge on any atom is -0.311 e. The van der Waals surface area contributed by atoms with Crippen molar-refractivity contribution in [3.63, 3.8) is 0 Å². The molecule has 2 aromatic carbocycles. The molecule has 0 saturated heterocycles. The molecule has 0 atom stereocenters. The van der Waals surface area contributed by atoms with E-state index in [9.17, 15) is 12.8 Å². The molecule has 1 aliphatic rings. The molecule has 0 aliphatic carbocycles. The van der Waals surface area contributed by atoms with Crippen molar-refractivity contribution in [1.29, 1.82) is 0 Å². The number of rotatable bonds is 2. The fourth-order valence-electron chi connectivity index (χ4n) is 2.54. The minimum atomic E-state index is -3.78. The van der Waals surface area contributed by atoms with E-state index in [0.29, 0.717) is 30.9 Å². The molecule has 0 aromatic heterocycles. The van der Waals surface area contributed by atoms with Gasteiger partial charge in [0.25, 0.3) is 10.0 Å². The standard InChI is InChI=1S/C16H17FN2O2S/c1-12-6-7-14(10-15(12)17)22(20,21)19-9-8-18-11-13-4-2-3-5-16(13)19/h2-7,10,18H,8-9,11H2,1H3. The Morgan fingerprint density at radius 1 is 1.18 bits per heavy atom. The lowest BCUT2D eigenvalue weighted by Crippen LogP contribution is -2.34. The zero-order valence-corrected chi connectivity index (χ0v) is 13.0. The Hall–Kier alpha value is -1.92. The molecule has 1 heterocycles. The summed E-state index contributed by atoms with van der Waals surface area (Å²) in [5.41, 5.74) is 1.99. The van der Waals surface area contributed by atoms with Crippen LogP contribution in [0.25, 0.3) is 0 Å². The van der Waals surface area contributed by atoms with Gasteiger partial charge in [-0.05, 0) is 36.2 Å². The lowest BCUT2D eigenvalue weighted by atomic mass is 10.2. The highest BCUT2D eigenvalue weighted by Gasteiger charge is 2.28. The van der Waals surface area contributed by atoms with Crippen LogP contribution >= 0.6 is 0 Å². The first-order valence-electron chi connectivity index (χ1n) is 7.07. The van der Waals surface area contributed by atoms with Crippen LogP contribution in [-0.2, 0) is 16.6 Å². The number of nitrogens with one attached hydrogen (secondary N) is 1. The molecule has 0 unspecified atom stereocenters. The average molecular weight is 320 g/mol. The van der Waals surface area contributed by atoms with Crippen LogP contribution in [0.3, 0.4) is 0 Å². The van der Waals surface area contributed by atoms with Crippen LogP contribution in [0, 0.1) is 12.7 Å². The normalized spacial score (nSPS) is 15.3. The van der Waals surface area contributed by atoms with Gasteiger partial charge in [-0.1, -0.05) is 24.3 Å². The summed E-state index contributed by atoms with van der Waals surface area (Å²) >= 11 is 0. The second kappa shape index (κ2) is 5.70. The summed E-state index contributed by atoms with van der Waals surface area (Å²) in [4.78, 5) is -0.0210. The van der Waals surface area contributed by atoms with Crippen LogP contribution in [0.1, 0.15) is 11.1 Å². The van der Waals surface area contributed by atoms with Gasteiger partial charge in [0.2, 0.25) is 0 Å². The molecule has 0 saturated carbocycles. The van der Waals surface area contributed by atoms with Gasteiger partial charge in [0.1, 0.15) is 5.82 Å². The summed E-state index contributed by atoms with van der Waals surface area (Å²) < 4.78 is 40.9. The summed E-state index contributed by atoms with van der Waals surface area (Å²) in [6, 6.07) is 11.4. The molecule has 2 aromatic rings. The van der Waals surface area contributed by atoms with E-state index in [4.69, 9.17) is 0 Å². The van der Waals surface area contributed by atoms with Crippen molar-refractivity contribution >= 4 is 15.7 Å². The zero-order chi connectivity index (χ0) is 15.7. The maximum Gasteiger partial charge on any atom is 0.264 e. The number of hydrogen-bond acceptors (Lipinski definition) is 3. The van der Waals surface area contributed by atoms with Crippen LogP contribution in [0.4, 0.5) is 10.1 Å². The van der Waals surface area contributed by atoms with Crippen molar-refractivity contribution in [3.05, 3.63) is 59.4 Å². The van der Waals surface area contributed by atoms with Crippen molar-refractivity contribution < 1.29 is 12.8 Å². The Morgan fingerprint density at radius 2 is 1.95 bits per heavy atom. The highest BCUT2D eigenvalue weighted by Crippen LogP contribution is 2.28. The smallest absolute Gasteiger partial charge is 0.264 e. The Balaban J connectivity index is 2.10. The molecule has 1 N–H and O–H groups in total. The molecule has 0 amide bonds. The lowest BCUT2D eigenvalue weighted by molar-refractivity contribution is 0.583. The first-order valence-corrected chi connectivity index (χ1v) is 8.51. The molecule has 1 aliphatic heterocycles. The minimum absolute atomic E-state index is 0.0210. The Labute approximate surface area is 129 Å². The quantitative estimate of drug-likeness (QED) is 0.924. The Kier molecular flexibility index (Phi) is 3.88. The van der Waals surface area contributed by atoms with Crippen molar-refractivity contribution in [2.75, 3.05) is 17.4 Å². The van der Waals surface area contributed by atoms with Crippen molar-refractivity contribution in [2.24, 2.45) is 0 Å². The van der Waals surface area contributed by atoms with E-state index >= 15 is 0 Å². The third-order valence-electron chi connectivity index (χ3n) is 3.80. The number of benzene rings is 2. The van der Waals surface area contributed by atoms with E-state index in [2.05, 4.69) is 5.32 Å². The second-order valence-corrected chi connectivity index (χ2v) is 7.16. The summed E-state index contributed by atoms with van der Waals surface area (Å²) in [6.45, 7) is 3.08. The van der Waals surface area contributed by atoms with Crippen LogP contribution in [0.5, 0.6) is 0 Å². The predicted octanol–water partition coefficient (Wildman–Crippen LogP) is 2.43. The largest absolute Gasteiger partial charge is 0.311 e. The van der Waals surface area contributed by atoms with Gasteiger partial charge in [0, 0.05) is 19.6 Å². The summed E-state index contributed by atoms with van der Waals surface area (Å²) in [5, 5.41) is 3.20. The van der Waals surface area contributed by atoms with E-state index in [1.807, 2.05) is 18.2 Å². The van der Waals surface area contributed by atoms with Crippen LogP contribution in [0.15, 0.2) is 47.4 Å². The summed E-state index contributed by atoms with van der Waals surface area (Å²) in [7, 11) is -3.78. The maximum atomic E-state index is 13.8. The fourth-order valence-corrected chi connectivity index (χ4v) is 4.05. The number of nitrogens with zero attached hydrogens (tertiary/aromatic N) is 1. The summed E-state index contributed by atoms with van der Waals surface area (Å²) in [5.74, 6) is -0.512. The molecule has 0 radical (unpaired) electrons. The van der Waals surface area contributed by atoms with Gasteiger partial charge >= 0.3 is 0 Å². The number of hydrogen-bond donors (Lipinski definition) is 1. The van der Waals surface area contributed by atoms with Crippen molar-refractivity contribution in [3.8, 4) is 0 Å².